The number of aliphatic hydroxyl groups excluding tert-OH is 1. The zero-order valence-electron chi connectivity index (χ0n) is 11.7. The lowest BCUT2D eigenvalue weighted by Gasteiger charge is -2.29. The van der Waals surface area contributed by atoms with Crippen LogP contribution in [0.1, 0.15) is 24.1 Å². The van der Waals surface area contributed by atoms with Crippen LogP contribution in [0.25, 0.3) is 0 Å². The molecule has 0 saturated carbocycles. The van der Waals surface area contributed by atoms with Crippen LogP contribution in [0.4, 0.5) is 0 Å². The highest BCUT2D eigenvalue weighted by molar-refractivity contribution is 5.38. The fraction of sp³-hybridized carbons (Fsp3) is 0.571. The van der Waals surface area contributed by atoms with E-state index in [0.717, 1.165) is 23.3 Å². The van der Waals surface area contributed by atoms with Crippen LogP contribution in [0.2, 0.25) is 0 Å². The molecule has 0 aliphatic carbocycles. The maximum absolute atomic E-state index is 9.27. The van der Waals surface area contributed by atoms with E-state index in [-0.39, 0.29) is 18.7 Å². The van der Waals surface area contributed by atoms with E-state index < -0.39 is 0 Å². The van der Waals surface area contributed by atoms with Crippen molar-refractivity contribution in [2.75, 3.05) is 27.8 Å². The van der Waals surface area contributed by atoms with E-state index in [0.29, 0.717) is 0 Å². The molecule has 4 nitrogen and oxygen atoms in total. The predicted octanol–water partition coefficient (Wildman–Crippen LogP) is 1.18. The number of ether oxygens (including phenoxy) is 1. The summed E-state index contributed by atoms with van der Waals surface area (Å²) in [5.74, 6) is 0.899. The lowest BCUT2D eigenvalue weighted by atomic mass is 9.96. The quantitative estimate of drug-likeness (QED) is 0.798. The van der Waals surface area contributed by atoms with Gasteiger partial charge in [0.05, 0.1) is 19.8 Å². The molecule has 0 bridgehead atoms. The molecule has 0 spiro atoms. The number of nitrogens with two attached hydrogens (primary N) is 1. The fourth-order valence-corrected chi connectivity index (χ4v) is 2.29. The second-order valence-corrected chi connectivity index (χ2v) is 4.68. The third-order valence-electron chi connectivity index (χ3n) is 3.20. The first kappa shape index (κ1) is 15.0. The Labute approximate surface area is 109 Å². The van der Waals surface area contributed by atoms with Gasteiger partial charge in [0.1, 0.15) is 5.75 Å². The van der Waals surface area contributed by atoms with Crippen molar-refractivity contribution in [3.63, 3.8) is 0 Å². The Morgan fingerprint density at radius 3 is 2.50 bits per heavy atom. The molecule has 1 rings (SSSR count). The summed E-state index contributed by atoms with van der Waals surface area (Å²) in [7, 11) is 5.61. The van der Waals surface area contributed by atoms with Gasteiger partial charge in [0.2, 0.25) is 0 Å². The number of rotatable bonds is 6. The van der Waals surface area contributed by atoms with Gasteiger partial charge in [-0.3, -0.25) is 0 Å². The summed E-state index contributed by atoms with van der Waals surface area (Å²) in [5, 5.41) is 9.27. The molecule has 0 radical (unpaired) electrons. The molecule has 102 valence electrons. The summed E-state index contributed by atoms with van der Waals surface area (Å²) in [4.78, 5) is 2.03. The molecule has 0 fully saturated rings. The zero-order valence-corrected chi connectivity index (χ0v) is 11.7. The average molecular weight is 252 g/mol. The lowest BCUT2D eigenvalue weighted by Crippen LogP contribution is -2.39. The number of aryl methyl sites for hydroxylation is 1. The Kier molecular flexibility index (Phi) is 5.59. The van der Waals surface area contributed by atoms with Crippen LogP contribution in [0.3, 0.4) is 0 Å². The molecular weight excluding hydrogens is 228 g/mol. The molecular formula is C14H24N2O2. The van der Waals surface area contributed by atoms with Gasteiger partial charge >= 0.3 is 0 Å². The topological polar surface area (TPSA) is 58.7 Å². The van der Waals surface area contributed by atoms with Crippen molar-refractivity contribution in [1.82, 2.24) is 4.90 Å². The molecule has 0 aliphatic heterocycles. The molecule has 0 saturated heterocycles. The monoisotopic (exact) mass is 252 g/mol. The molecule has 2 unspecified atom stereocenters. The molecule has 1 aromatic rings. The molecule has 0 heterocycles. The number of hydrogen-bond acceptors (Lipinski definition) is 4. The Balaban J connectivity index is 3.13. The van der Waals surface area contributed by atoms with Gasteiger partial charge in [-0.05, 0) is 37.7 Å². The normalized spacial score (nSPS) is 14.6. The standard InChI is InChI=1S/C14H24N2O2/c1-5-10-8-11(6-7-13(10)18-4)14(16(2)3)12(15)9-17/h6-8,12,14,17H,5,9,15H2,1-4H3. The molecule has 1 aromatic carbocycles. The lowest BCUT2D eigenvalue weighted by molar-refractivity contribution is 0.181. The maximum atomic E-state index is 9.27. The third-order valence-corrected chi connectivity index (χ3v) is 3.20. The van der Waals surface area contributed by atoms with Crippen LogP contribution in [0.5, 0.6) is 5.75 Å². The first-order valence-corrected chi connectivity index (χ1v) is 6.24. The summed E-state index contributed by atoms with van der Waals surface area (Å²) >= 11 is 0. The van der Waals surface area contributed by atoms with Gasteiger partial charge in [-0.1, -0.05) is 19.1 Å². The minimum atomic E-state index is -0.293. The van der Waals surface area contributed by atoms with Gasteiger partial charge in [-0.15, -0.1) is 0 Å². The van der Waals surface area contributed by atoms with E-state index >= 15 is 0 Å². The van der Waals surface area contributed by atoms with Crippen LogP contribution in [-0.2, 0) is 6.42 Å². The van der Waals surface area contributed by atoms with Gasteiger partial charge in [0, 0.05) is 6.04 Å². The van der Waals surface area contributed by atoms with Crippen molar-refractivity contribution in [3.05, 3.63) is 29.3 Å². The fourth-order valence-electron chi connectivity index (χ4n) is 2.29. The number of likely N-dealkylation sites (N-methyl/N-ethyl adjacent to an activating group) is 1. The smallest absolute Gasteiger partial charge is 0.122 e. The molecule has 3 N–H and O–H groups in total. The van der Waals surface area contributed by atoms with Crippen LogP contribution < -0.4 is 10.5 Å². The van der Waals surface area contributed by atoms with Crippen LogP contribution in [0, 0.1) is 0 Å². The number of methoxy groups -OCH3 is 1. The van der Waals surface area contributed by atoms with E-state index in [2.05, 4.69) is 13.0 Å². The number of hydrogen-bond donors (Lipinski definition) is 2. The van der Waals surface area contributed by atoms with E-state index in [1.807, 2.05) is 31.1 Å². The second kappa shape index (κ2) is 6.73. The molecule has 4 heteroatoms. The van der Waals surface area contributed by atoms with Crippen molar-refractivity contribution in [3.8, 4) is 5.75 Å². The number of nitrogens with zero attached hydrogens (tertiary/aromatic N) is 1. The molecule has 0 amide bonds. The van der Waals surface area contributed by atoms with Crippen LogP contribution in [0.15, 0.2) is 18.2 Å². The van der Waals surface area contributed by atoms with Gasteiger partial charge in [-0.2, -0.15) is 0 Å². The highest BCUT2D eigenvalue weighted by Crippen LogP contribution is 2.27. The summed E-state index contributed by atoms with van der Waals surface area (Å²) in [6, 6.07) is 5.80. The Morgan fingerprint density at radius 1 is 1.39 bits per heavy atom. The van der Waals surface area contributed by atoms with Gasteiger partial charge in [0.15, 0.2) is 0 Å². The summed E-state index contributed by atoms with van der Waals surface area (Å²) in [5.41, 5.74) is 8.26. The van der Waals surface area contributed by atoms with Crippen molar-refractivity contribution in [2.24, 2.45) is 5.73 Å². The van der Waals surface area contributed by atoms with Crippen molar-refractivity contribution >= 4 is 0 Å². The van der Waals surface area contributed by atoms with Crippen LogP contribution in [-0.4, -0.2) is 43.9 Å². The Hall–Kier alpha value is -1.10. The first-order chi connectivity index (χ1) is 8.54. The summed E-state index contributed by atoms with van der Waals surface area (Å²) in [6.07, 6.45) is 0.908. The third kappa shape index (κ3) is 3.22. The second-order valence-electron chi connectivity index (χ2n) is 4.68. The SMILES string of the molecule is CCc1cc(C(C(N)CO)N(C)C)ccc1OC. The minimum absolute atomic E-state index is 0.00575. The van der Waals surface area contributed by atoms with E-state index in [1.165, 1.54) is 0 Å². The van der Waals surface area contributed by atoms with Gasteiger partial charge in [0.25, 0.3) is 0 Å². The Morgan fingerprint density at radius 2 is 2.06 bits per heavy atom. The van der Waals surface area contributed by atoms with Gasteiger partial charge < -0.3 is 20.5 Å². The number of benzene rings is 1. The van der Waals surface area contributed by atoms with E-state index in [1.54, 1.807) is 7.11 Å². The predicted molar refractivity (Wildman–Crippen MR) is 73.9 cm³/mol. The average Bonchev–Trinajstić information content (AvgIpc) is 2.37. The highest BCUT2D eigenvalue weighted by atomic mass is 16.5. The van der Waals surface area contributed by atoms with E-state index in [4.69, 9.17) is 10.5 Å². The summed E-state index contributed by atoms with van der Waals surface area (Å²) < 4.78 is 5.32. The molecule has 2 atom stereocenters. The number of aliphatic hydroxyl groups is 1. The zero-order chi connectivity index (χ0) is 13.7. The van der Waals surface area contributed by atoms with Gasteiger partial charge in [-0.25, -0.2) is 0 Å². The largest absolute Gasteiger partial charge is 0.496 e. The van der Waals surface area contributed by atoms with Crippen molar-refractivity contribution < 1.29 is 9.84 Å². The first-order valence-electron chi connectivity index (χ1n) is 6.24. The Bertz CT molecular complexity index is 380. The molecule has 0 aliphatic rings. The molecule has 0 aromatic heterocycles. The highest BCUT2D eigenvalue weighted by Gasteiger charge is 2.22. The van der Waals surface area contributed by atoms with Crippen LogP contribution >= 0.6 is 0 Å². The molecule has 18 heavy (non-hydrogen) atoms. The van der Waals surface area contributed by atoms with E-state index in [9.17, 15) is 5.11 Å². The minimum Gasteiger partial charge on any atom is -0.496 e. The van der Waals surface area contributed by atoms with Crippen molar-refractivity contribution in [2.45, 2.75) is 25.4 Å². The van der Waals surface area contributed by atoms with Crippen molar-refractivity contribution in [1.29, 1.82) is 0 Å². The maximum Gasteiger partial charge on any atom is 0.122 e. The summed E-state index contributed by atoms with van der Waals surface area (Å²) in [6.45, 7) is 2.06.